The average molecular weight is 837 g/mol. The van der Waals surface area contributed by atoms with Crippen LogP contribution in [0, 0.1) is 47.9 Å². The first-order valence-electron chi connectivity index (χ1n) is 19.0. The molecule has 21 heteroatoms. The SMILES string of the molecule is Cc1ccc(Cc2cnc(NCCCNc3ncc([N+](=O)[O-])cc3C)[nH]c2=O)cn1.Cc1ccc(Cc2cnc(NCCCNc3ncc([N+](=O)[O-])cc3C)[nH]c2=O)cn1.O. The van der Waals surface area contributed by atoms with Crippen LogP contribution in [0.1, 0.15) is 57.6 Å². The zero-order chi connectivity index (χ0) is 43.0. The van der Waals surface area contributed by atoms with Gasteiger partial charge < -0.3 is 26.7 Å². The lowest BCUT2D eigenvalue weighted by molar-refractivity contribution is -0.385. The van der Waals surface area contributed by atoms with E-state index in [1.54, 1.807) is 38.6 Å². The van der Waals surface area contributed by atoms with Crippen molar-refractivity contribution in [3.63, 3.8) is 0 Å². The molecule has 0 fully saturated rings. The number of nitro groups is 2. The van der Waals surface area contributed by atoms with E-state index in [1.165, 1.54) is 24.5 Å². The molecule has 320 valence electrons. The first kappa shape index (κ1) is 46.0. The van der Waals surface area contributed by atoms with Crippen LogP contribution in [0.25, 0.3) is 0 Å². The summed E-state index contributed by atoms with van der Waals surface area (Å²) in [5, 5.41) is 34.0. The van der Waals surface area contributed by atoms with Crippen molar-refractivity contribution in [2.24, 2.45) is 0 Å². The molecule has 0 aliphatic rings. The zero-order valence-electron chi connectivity index (χ0n) is 34.1. The number of pyridine rings is 4. The Bertz CT molecular complexity index is 2340. The molecule has 0 unspecified atom stereocenters. The van der Waals surface area contributed by atoms with E-state index in [0.29, 0.717) is 84.8 Å². The molecule has 6 aromatic heterocycles. The summed E-state index contributed by atoms with van der Waals surface area (Å²) in [5.74, 6) is 2.05. The molecule has 0 radical (unpaired) electrons. The van der Waals surface area contributed by atoms with Gasteiger partial charge in [0.1, 0.15) is 24.0 Å². The Hall–Kier alpha value is -7.68. The molecule has 6 aromatic rings. The van der Waals surface area contributed by atoms with Crippen molar-refractivity contribution >= 4 is 34.9 Å². The van der Waals surface area contributed by atoms with Crippen LogP contribution in [0.3, 0.4) is 0 Å². The summed E-state index contributed by atoms with van der Waals surface area (Å²) >= 11 is 0. The van der Waals surface area contributed by atoms with Gasteiger partial charge >= 0.3 is 0 Å². The number of anilines is 4. The monoisotopic (exact) mass is 836 g/mol. The van der Waals surface area contributed by atoms with E-state index in [-0.39, 0.29) is 28.0 Å². The van der Waals surface area contributed by atoms with Crippen LogP contribution in [0.4, 0.5) is 34.9 Å². The Morgan fingerprint density at radius 3 is 1.26 bits per heavy atom. The van der Waals surface area contributed by atoms with E-state index in [4.69, 9.17) is 0 Å². The Labute approximate surface area is 349 Å². The molecule has 6 rings (SSSR count). The summed E-state index contributed by atoms with van der Waals surface area (Å²) in [6, 6.07) is 10.7. The van der Waals surface area contributed by atoms with Crippen molar-refractivity contribution in [2.45, 2.75) is 53.4 Å². The highest BCUT2D eigenvalue weighted by Gasteiger charge is 2.11. The van der Waals surface area contributed by atoms with Gasteiger partial charge in [0, 0.05) is 98.5 Å². The van der Waals surface area contributed by atoms with Crippen molar-refractivity contribution in [3.8, 4) is 0 Å². The summed E-state index contributed by atoms with van der Waals surface area (Å²) in [7, 11) is 0. The van der Waals surface area contributed by atoms with Crippen LogP contribution < -0.4 is 32.4 Å². The van der Waals surface area contributed by atoms with E-state index < -0.39 is 9.85 Å². The van der Waals surface area contributed by atoms with E-state index in [9.17, 15) is 29.8 Å². The third-order valence-electron chi connectivity index (χ3n) is 8.91. The number of aromatic amines is 2. The third-order valence-corrected chi connectivity index (χ3v) is 8.91. The van der Waals surface area contributed by atoms with Crippen molar-refractivity contribution in [1.82, 2.24) is 39.9 Å². The molecule has 6 heterocycles. The minimum Gasteiger partial charge on any atom is -0.412 e. The topological polar surface area (TPSA) is 309 Å². The molecule has 0 saturated carbocycles. The Morgan fingerprint density at radius 1 is 0.541 bits per heavy atom. The van der Waals surface area contributed by atoms with Crippen LogP contribution in [-0.2, 0) is 12.8 Å². The minimum absolute atomic E-state index is 0. The van der Waals surface area contributed by atoms with Crippen LogP contribution in [0.2, 0.25) is 0 Å². The summed E-state index contributed by atoms with van der Waals surface area (Å²) in [6.45, 7) is 9.76. The van der Waals surface area contributed by atoms with Gasteiger partial charge in [-0.05, 0) is 74.9 Å². The quantitative estimate of drug-likeness (QED) is 0.0398. The zero-order valence-corrected chi connectivity index (χ0v) is 34.1. The molecule has 0 bridgehead atoms. The number of rotatable bonds is 18. The fourth-order valence-electron chi connectivity index (χ4n) is 5.61. The van der Waals surface area contributed by atoms with E-state index >= 15 is 0 Å². The minimum atomic E-state index is -0.468. The van der Waals surface area contributed by atoms with Gasteiger partial charge in [0.15, 0.2) is 0 Å². The number of nitrogens with zero attached hydrogens (tertiary/aromatic N) is 8. The molecule has 0 atom stereocenters. The van der Waals surface area contributed by atoms with Crippen LogP contribution in [0.5, 0.6) is 0 Å². The number of hydrogen-bond acceptors (Lipinski definition) is 16. The lowest BCUT2D eigenvalue weighted by Gasteiger charge is -2.09. The molecule has 0 aliphatic heterocycles. The van der Waals surface area contributed by atoms with Crippen molar-refractivity contribution < 1.29 is 15.3 Å². The van der Waals surface area contributed by atoms with Gasteiger partial charge in [0.05, 0.1) is 9.85 Å². The van der Waals surface area contributed by atoms with Gasteiger partial charge in [0.2, 0.25) is 11.9 Å². The number of hydrogen-bond donors (Lipinski definition) is 6. The Balaban J connectivity index is 0.000000264. The summed E-state index contributed by atoms with van der Waals surface area (Å²) in [4.78, 5) is 75.8. The summed E-state index contributed by atoms with van der Waals surface area (Å²) < 4.78 is 0. The number of aryl methyl sites for hydroxylation is 4. The van der Waals surface area contributed by atoms with E-state index in [2.05, 4.69) is 61.1 Å². The molecule has 0 spiro atoms. The molecule has 8 N–H and O–H groups in total. The molecule has 61 heavy (non-hydrogen) atoms. The molecular formula is C40H48N14O7. The molecule has 0 aliphatic carbocycles. The van der Waals surface area contributed by atoms with Gasteiger partial charge in [-0.2, -0.15) is 0 Å². The lowest BCUT2D eigenvalue weighted by atomic mass is 10.1. The predicted molar refractivity (Wildman–Crippen MR) is 231 cm³/mol. The second-order valence-electron chi connectivity index (χ2n) is 13.8. The molecule has 0 saturated heterocycles. The first-order chi connectivity index (χ1) is 28.8. The van der Waals surface area contributed by atoms with Crippen LogP contribution in [0.15, 0.2) is 83.2 Å². The number of nitrogens with one attached hydrogen (secondary N) is 6. The maximum Gasteiger partial charge on any atom is 0.287 e. The van der Waals surface area contributed by atoms with Gasteiger partial charge in [0.25, 0.3) is 22.5 Å². The highest BCUT2D eigenvalue weighted by atomic mass is 16.6. The van der Waals surface area contributed by atoms with Crippen LogP contribution >= 0.6 is 0 Å². The van der Waals surface area contributed by atoms with Gasteiger partial charge in [-0.15, -0.1) is 0 Å². The van der Waals surface area contributed by atoms with Crippen molar-refractivity contribution in [1.29, 1.82) is 0 Å². The number of aromatic nitrogens is 8. The second-order valence-corrected chi connectivity index (χ2v) is 13.8. The Morgan fingerprint density at radius 2 is 0.934 bits per heavy atom. The summed E-state index contributed by atoms with van der Waals surface area (Å²) in [5.41, 5.74) is 5.91. The van der Waals surface area contributed by atoms with Gasteiger partial charge in [-0.25, -0.2) is 19.9 Å². The first-order valence-corrected chi connectivity index (χ1v) is 19.0. The van der Waals surface area contributed by atoms with E-state index in [0.717, 1.165) is 35.4 Å². The average Bonchev–Trinajstić information content (AvgIpc) is 3.22. The highest BCUT2D eigenvalue weighted by molar-refractivity contribution is 5.49. The Kier molecular flexibility index (Phi) is 16.9. The largest absolute Gasteiger partial charge is 0.412 e. The smallest absolute Gasteiger partial charge is 0.287 e. The normalized spacial score (nSPS) is 10.4. The number of H-pyrrole nitrogens is 2. The molecular weight excluding hydrogens is 789 g/mol. The predicted octanol–water partition coefficient (Wildman–Crippen LogP) is 4.35. The summed E-state index contributed by atoms with van der Waals surface area (Å²) in [6.07, 6.45) is 11.5. The van der Waals surface area contributed by atoms with Gasteiger partial charge in [-0.1, -0.05) is 12.1 Å². The molecule has 0 aromatic carbocycles. The maximum absolute atomic E-state index is 12.3. The maximum atomic E-state index is 12.3. The second kappa shape index (κ2) is 22.5. The fraction of sp³-hybridized carbons (Fsp3) is 0.300. The fourth-order valence-corrected chi connectivity index (χ4v) is 5.61. The van der Waals surface area contributed by atoms with Crippen molar-refractivity contribution in [2.75, 3.05) is 47.4 Å². The van der Waals surface area contributed by atoms with Crippen LogP contribution in [-0.4, -0.2) is 81.4 Å². The lowest BCUT2D eigenvalue weighted by Crippen LogP contribution is -2.18. The third kappa shape index (κ3) is 14.3. The van der Waals surface area contributed by atoms with Gasteiger partial charge in [-0.3, -0.25) is 49.8 Å². The van der Waals surface area contributed by atoms with E-state index in [1.807, 2.05) is 38.1 Å². The standard InChI is InChI=1S/2C20H23N7O3.H2O/c2*1-13-8-17(27(29)30)12-24-18(13)21-6-3-7-22-20-25-11-16(19(28)26-20)9-15-5-4-14(2)23-10-15;/h2*4-5,8,10-12H,3,6-7,9H2,1-2H3,(H,21,24)(H2,22,25,26,28);1H2. The molecule has 0 amide bonds. The molecule has 21 nitrogen and oxygen atoms in total. The van der Waals surface area contributed by atoms with Crippen molar-refractivity contribution in [3.05, 3.63) is 159 Å². The highest BCUT2D eigenvalue weighted by Crippen LogP contribution is 2.19.